The van der Waals surface area contributed by atoms with E-state index in [0.29, 0.717) is 0 Å². The molecule has 0 spiro atoms. The molecule has 1 aliphatic rings. The van der Waals surface area contributed by atoms with Gasteiger partial charge in [0, 0.05) is 11.2 Å². The van der Waals surface area contributed by atoms with Gasteiger partial charge < -0.3 is 5.11 Å². The third-order valence-electron chi connectivity index (χ3n) is 3.45. The zero-order valence-electron chi connectivity index (χ0n) is 10.9. The van der Waals surface area contributed by atoms with E-state index in [4.69, 9.17) is 5.11 Å². The summed E-state index contributed by atoms with van der Waals surface area (Å²) in [6, 6.07) is 3.88. The smallest absolute Gasteiger partial charge is 0.313 e. The standard InChI is InChI=1S/C13H15N3O2S/c1-8-3-4-9-11(14-8)16(13(2)5-6-13)12(15-9)19-7-10(17)18/h3-4H,5-7H2,1-2H3,(H,17,18). The predicted octanol–water partition coefficient (Wildman–Crippen LogP) is 2.43. The number of carboxylic acid groups (broad SMARTS) is 1. The number of hydrogen-bond acceptors (Lipinski definition) is 4. The first-order valence-corrected chi connectivity index (χ1v) is 7.19. The molecular weight excluding hydrogens is 262 g/mol. The molecule has 6 heteroatoms. The number of carbonyl (C=O) groups is 1. The molecule has 5 nitrogen and oxygen atoms in total. The zero-order chi connectivity index (χ0) is 13.6. The molecule has 0 aromatic carbocycles. The number of hydrogen-bond donors (Lipinski definition) is 1. The van der Waals surface area contributed by atoms with Gasteiger partial charge in [0.05, 0.1) is 5.75 Å². The molecule has 0 aliphatic heterocycles. The van der Waals surface area contributed by atoms with Crippen molar-refractivity contribution in [1.29, 1.82) is 0 Å². The van der Waals surface area contributed by atoms with Gasteiger partial charge in [0.2, 0.25) is 0 Å². The van der Waals surface area contributed by atoms with Crippen molar-refractivity contribution < 1.29 is 9.90 Å². The Morgan fingerprint density at radius 2 is 2.21 bits per heavy atom. The molecule has 0 atom stereocenters. The topological polar surface area (TPSA) is 68.0 Å². The molecule has 0 radical (unpaired) electrons. The van der Waals surface area contributed by atoms with Crippen molar-refractivity contribution in [3.8, 4) is 0 Å². The second-order valence-electron chi connectivity index (χ2n) is 5.20. The minimum Gasteiger partial charge on any atom is -0.481 e. The Bertz CT molecular complexity index is 661. The van der Waals surface area contributed by atoms with E-state index in [1.807, 2.05) is 19.1 Å². The quantitative estimate of drug-likeness (QED) is 0.869. The first-order valence-electron chi connectivity index (χ1n) is 6.21. The van der Waals surface area contributed by atoms with Crippen LogP contribution < -0.4 is 0 Å². The summed E-state index contributed by atoms with van der Waals surface area (Å²) < 4.78 is 2.11. The molecule has 1 aliphatic carbocycles. The van der Waals surface area contributed by atoms with Gasteiger partial charge in [-0.25, -0.2) is 9.97 Å². The van der Waals surface area contributed by atoms with Crippen LogP contribution >= 0.6 is 11.8 Å². The minimum absolute atomic E-state index is 0.0262. The van der Waals surface area contributed by atoms with Gasteiger partial charge in [0.1, 0.15) is 5.52 Å². The maximum Gasteiger partial charge on any atom is 0.313 e. The summed E-state index contributed by atoms with van der Waals surface area (Å²) in [6.45, 7) is 4.12. The highest BCUT2D eigenvalue weighted by Gasteiger charge is 2.42. The Balaban J connectivity index is 2.12. The van der Waals surface area contributed by atoms with Crippen molar-refractivity contribution >= 4 is 28.9 Å². The number of pyridine rings is 1. The summed E-state index contributed by atoms with van der Waals surface area (Å²) in [5, 5.41) is 9.59. The van der Waals surface area contributed by atoms with Crippen LogP contribution in [0.15, 0.2) is 17.3 Å². The molecular formula is C13H15N3O2S. The fraction of sp³-hybridized carbons (Fsp3) is 0.462. The van der Waals surface area contributed by atoms with Gasteiger partial charge >= 0.3 is 5.97 Å². The Hall–Kier alpha value is -1.56. The van der Waals surface area contributed by atoms with E-state index in [1.54, 1.807) is 0 Å². The van der Waals surface area contributed by atoms with E-state index in [-0.39, 0.29) is 11.3 Å². The number of aromatic nitrogens is 3. The van der Waals surface area contributed by atoms with E-state index in [2.05, 4.69) is 21.5 Å². The van der Waals surface area contributed by atoms with Gasteiger partial charge in [-0.2, -0.15) is 0 Å². The Morgan fingerprint density at radius 3 is 2.84 bits per heavy atom. The monoisotopic (exact) mass is 277 g/mol. The van der Waals surface area contributed by atoms with Crippen molar-refractivity contribution in [1.82, 2.24) is 14.5 Å². The zero-order valence-corrected chi connectivity index (χ0v) is 11.7. The molecule has 0 bridgehead atoms. The molecule has 100 valence electrons. The van der Waals surface area contributed by atoms with Crippen LogP contribution in [-0.4, -0.2) is 31.4 Å². The van der Waals surface area contributed by atoms with Crippen molar-refractivity contribution in [2.75, 3.05) is 5.75 Å². The number of rotatable bonds is 4. The van der Waals surface area contributed by atoms with Gasteiger partial charge in [-0.1, -0.05) is 11.8 Å². The van der Waals surface area contributed by atoms with E-state index in [1.165, 1.54) is 11.8 Å². The van der Waals surface area contributed by atoms with Crippen LogP contribution in [0.3, 0.4) is 0 Å². The fourth-order valence-electron chi connectivity index (χ4n) is 2.15. The summed E-state index contributed by atoms with van der Waals surface area (Å²) in [6.07, 6.45) is 2.18. The Kier molecular flexibility index (Phi) is 2.78. The van der Waals surface area contributed by atoms with Crippen LogP contribution in [0.25, 0.3) is 11.2 Å². The molecule has 19 heavy (non-hydrogen) atoms. The lowest BCUT2D eigenvalue weighted by Crippen LogP contribution is -2.14. The molecule has 0 amide bonds. The fourth-order valence-corrected chi connectivity index (χ4v) is 3.00. The van der Waals surface area contributed by atoms with Gasteiger partial charge in [-0.3, -0.25) is 9.36 Å². The molecule has 0 saturated heterocycles. The van der Waals surface area contributed by atoms with Gasteiger partial charge in [0.25, 0.3) is 0 Å². The first-order chi connectivity index (χ1) is 8.99. The third-order valence-corrected chi connectivity index (χ3v) is 4.37. The molecule has 2 aromatic heterocycles. The van der Waals surface area contributed by atoms with Crippen LogP contribution in [0, 0.1) is 6.92 Å². The molecule has 2 heterocycles. The van der Waals surface area contributed by atoms with Crippen molar-refractivity contribution in [2.45, 2.75) is 37.4 Å². The highest BCUT2D eigenvalue weighted by atomic mass is 32.2. The molecule has 1 N–H and O–H groups in total. The summed E-state index contributed by atoms with van der Waals surface area (Å²) in [5.41, 5.74) is 2.71. The molecule has 2 aromatic rings. The van der Waals surface area contributed by atoms with E-state index < -0.39 is 5.97 Å². The summed E-state index contributed by atoms with van der Waals surface area (Å²) in [4.78, 5) is 19.8. The highest BCUT2D eigenvalue weighted by Crippen LogP contribution is 2.46. The summed E-state index contributed by atoms with van der Waals surface area (Å²) in [5.74, 6) is -0.799. The lowest BCUT2D eigenvalue weighted by atomic mass is 10.3. The largest absolute Gasteiger partial charge is 0.481 e. The predicted molar refractivity (Wildman–Crippen MR) is 73.5 cm³/mol. The van der Waals surface area contributed by atoms with Crippen molar-refractivity contribution in [3.63, 3.8) is 0 Å². The first kappa shape index (κ1) is 12.5. The number of carboxylic acids is 1. The van der Waals surface area contributed by atoms with Crippen LogP contribution in [0.2, 0.25) is 0 Å². The minimum atomic E-state index is -0.825. The average Bonchev–Trinajstić information content (AvgIpc) is 2.97. The number of thioether (sulfide) groups is 1. The lowest BCUT2D eigenvalue weighted by Gasteiger charge is -2.14. The maximum atomic E-state index is 10.7. The lowest BCUT2D eigenvalue weighted by molar-refractivity contribution is -0.133. The van der Waals surface area contributed by atoms with E-state index in [0.717, 1.165) is 34.9 Å². The Morgan fingerprint density at radius 1 is 1.47 bits per heavy atom. The van der Waals surface area contributed by atoms with E-state index >= 15 is 0 Å². The van der Waals surface area contributed by atoms with Crippen LogP contribution in [0.1, 0.15) is 25.5 Å². The average molecular weight is 277 g/mol. The van der Waals surface area contributed by atoms with Gasteiger partial charge in [-0.15, -0.1) is 0 Å². The second-order valence-corrected chi connectivity index (χ2v) is 6.15. The summed E-state index contributed by atoms with van der Waals surface area (Å²) >= 11 is 1.27. The van der Waals surface area contributed by atoms with Crippen molar-refractivity contribution in [2.24, 2.45) is 0 Å². The third kappa shape index (κ3) is 2.20. The molecule has 1 fully saturated rings. The SMILES string of the molecule is Cc1ccc2nc(SCC(=O)O)n(C3(C)CC3)c2n1. The van der Waals surface area contributed by atoms with Crippen molar-refractivity contribution in [3.05, 3.63) is 17.8 Å². The maximum absolute atomic E-state index is 10.7. The number of imidazole rings is 1. The Labute approximate surface area is 115 Å². The molecule has 0 unspecified atom stereocenters. The van der Waals surface area contributed by atoms with Gasteiger partial charge in [0.15, 0.2) is 10.8 Å². The van der Waals surface area contributed by atoms with Gasteiger partial charge in [-0.05, 0) is 38.8 Å². The van der Waals surface area contributed by atoms with Crippen LogP contribution in [0.5, 0.6) is 0 Å². The van der Waals surface area contributed by atoms with E-state index in [9.17, 15) is 4.79 Å². The number of nitrogens with zero attached hydrogens (tertiary/aromatic N) is 3. The summed E-state index contributed by atoms with van der Waals surface area (Å²) in [7, 11) is 0. The number of aryl methyl sites for hydroxylation is 1. The van der Waals surface area contributed by atoms with Crippen LogP contribution in [0.4, 0.5) is 0 Å². The molecule has 1 saturated carbocycles. The second kappa shape index (κ2) is 4.23. The molecule has 3 rings (SSSR count). The highest BCUT2D eigenvalue weighted by molar-refractivity contribution is 7.99. The number of aliphatic carboxylic acids is 1. The number of fused-ring (bicyclic) bond motifs is 1. The van der Waals surface area contributed by atoms with Crippen LogP contribution in [-0.2, 0) is 10.3 Å². The normalized spacial score (nSPS) is 16.7.